The highest BCUT2D eigenvalue weighted by molar-refractivity contribution is 5.95. The highest BCUT2D eigenvalue weighted by Gasteiger charge is 2.11. The molecule has 1 heterocycles. The Morgan fingerprint density at radius 3 is 2.58 bits per heavy atom. The molecule has 0 aliphatic rings. The average Bonchev–Trinajstić information content (AvgIpc) is 2.38. The first-order valence-electron chi connectivity index (χ1n) is 6.01. The summed E-state index contributed by atoms with van der Waals surface area (Å²) in [4.78, 5) is 23.1. The minimum absolute atomic E-state index is 0.121. The average molecular weight is 257 g/mol. The van der Waals surface area contributed by atoms with Crippen molar-refractivity contribution in [3.63, 3.8) is 0 Å². The predicted molar refractivity (Wildman–Crippen MR) is 73.5 cm³/mol. The lowest BCUT2D eigenvalue weighted by atomic mass is 10.1. The Labute approximate surface area is 111 Å². The molecule has 0 aliphatic heterocycles. The molecule has 4 heteroatoms. The second kappa shape index (κ2) is 5.52. The van der Waals surface area contributed by atoms with Crippen LogP contribution in [0.5, 0.6) is 0 Å². The molecule has 19 heavy (non-hydrogen) atoms. The molecular weight excluding hydrogens is 242 g/mol. The van der Waals surface area contributed by atoms with Gasteiger partial charge in [-0.1, -0.05) is 30.3 Å². The van der Waals surface area contributed by atoms with Crippen molar-refractivity contribution in [2.24, 2.45) is 0 Å². The Balaban J connectivity index is 2.23. The number of carbonyl (C=O) groups is 1. The summed E-state index contributed by atoms with van der Waals surface area (Å²) in [7, 11) is 0. The van der Waals surface area contributed by atoms with E-state index in [1.165, 1.54) is 6.92 Å². The van der Waals surface area contributed by atoms with Crippen molar-refractivity contribution in [3.8, 4) is 0 Å². The largest absolute Gasteiger partial charge is 0.426 e. The summed E-state index contributed by atoms with van der Waals surface area (Å²) in [5, 5.41) is 2.99. The van der Waals surface area contributed by atoms with Crippen LogP contribution >= 0.6 is 0 Å². The molecule has 0 aliphatic carbocycles. The molecule has 1 aromatic heterocycles. The first-order chi connectivity index (χ1) is 9.08. The monoisotopic (exact) mass is 257 g/mol. The Kier molecular flexibility index (Phi) is 3.80. The smallest absolute Gasteiger partial charge is 0.359 e. The number of nitrogens with one attached hydrogen (secondary N) is 1. The highest BCUT2D eigenvalue weighted by Crippen LogP contribution is 2.12. The van der Waals surface area contributed by atoms with Gasteiger partial charge in [-0.2, -0.15) is 0 Å². The molecule has 0 bridgehead atoms. The van der Waals surface area contributed by atoms with E-state index < -0.39 is 5.63 Å². The van der Waals surface area contributed by atoms with E-state index in [9.17, 15) is 9.59 Å². The van der Waals surface area contributed by atoms with Crippen LogP contribution in [0.2, 0.25) is 0 Å². The summed E-state index contributed by atoms with van der Waals surface area (Å²) in [6.45, 7) is 3.56. The van der Waals surface area contributed by atoms with Crippen LogP contribution < -0.4 is 10.9 Å². The SMILES string of the molecule is CC(=O)c1cc(NCc2ccccc2)c(=O)oc1C. The van der Waals surface area contributed by atoms with E-state index in [0.717, 1.165) is 5.56 Å². The summed E-state index contributed by atoms with van der Waals surface area (Å²) in [5.74, 6) is 0.228. The molecule has 0 radical (unpaired) electrons. The molecule has 4 nitrogen and oxygen atoms in total. The van der Waals surface area contributed by atoms with E-state index in [1.807, 2.05) is 30.3 Å². The maximum atomic E-state index is 11.7. The number of benzene rings is 1. The van der Waals surface area contributed by atoms with Crippen LogP contribution in [-0.4, -0.2) is 5.78 Å². The van der Waals surface area contributed by atoms with Gasteiger partial charge in [0.2, 0.25) is 0 Å². The van der Waals surface area contributed by atoms with Gasteiger partial charge >= 0.3 is 5.63 Å². The molecule has 0 amide bonds. The van der Waals surface area contributed by atoms with Crippen molar-refractivity contribution in [1.29, 1.82) is 0 Å². The first-order valence-corrected chi connectivity index (χ1v) is 6.01. The quantitative estimate of drug-likeness (QED) is 0.855. The summed E-state index contributed by atoms with van der Waals surface area (Å²) in [5.41, 5.74) is 1.32. The number of hydrogen-bond acceptors (Lipinski definition) is 4. The molecule has 2 aromatic rings. The van der Waals surface area contributed by atoms with Gasteiger partial charge in [0.15, 0.2) is 5.78 Å². The van der Waals surface area contributed by atoms with E-state index in [0.29, 0.717) is 23.6 Å². The number of Topliss-reactive ketones (excluding diaryl/α,β-unsaturated/α-hetero) is 1. The molecule has 2 rings (SSSR count). The van der Waals surface area contributed by atoms with Crippen LogP contribution in [0.4, 0.5) is 5.69 Å². The van der Waals surface area contributed by atoms with Gasteiger partial charge in [0.25, 0.3) is 0 Å². The van der Waals surface area contributed by atoms with Crippen molar-refractivity contribution in [3.05, 3.63) is 63.7 Å². The number of anilines is 1. The summed E-state index contributed by atoms with van der Waals surface area (Å²) in [6, 6.07) is 11.2. The summed E-state index contributed by atoms with van der Waals surface area (Å²) in [6.07, 6.45) is 0. The molecule has 0 spiro atoms. The number of rotatable bonds is 4. The zero-order chi connectivity index (χ0) is 13.8. The number of ketones is 1. The van der Waals surface area contributed by atoms with Gasteiger partial charge in [0.1, 0.15) is 11.4 Å². The molecule has 0 unspecified atom stereocenters. The lowest BCUT2D eigenvalue weighted by Crippen LogP contribution is -2.13. The maximum absolute atomic E-state index is 11.7. The van der Waals surface area contributed by atoms with Crippen molar-refractivity contribution in [2.45, 2.75) is 20.4 Å². The van der Waals surface area contributed by atoms with Gasteiger partial charge in [0, 0.05) is 6.54 Å². The van der Waals surface area contributed by atoms with Gasteiger partial charge in [-0.3, -0.25) is 4.79 Å². The lowest BCUT2D eigenvalue weighted by Gasteiger charge is -2.07. The highest BCUT2D eigenvalue weighted by atomic mass is 16.4. The summed E-state index contributed by atoms with van der Waals surface area (Å²) >= 11 is 0. The number of carbonyl (C=O) groups excluding carboxylic acids is 1. The van der Waals surface area contributed by atoms with Crippen molar-refractivity contribution in [1.82, 2.24) is 0 Å². The first kappa shape index (κ1) is 13.1. The Morgan fingerprint density at radius 2 is 1.95 bits per heavy atom. The molecule has 1 aromatic carbocycles. The van der Waals surface area contributed by atoms with Crippen LogP contribution in [0, 0.1) is 6.92 Å². The molecule has 0 atom stereocenters. The molecule has 0 saturated carbocycles. The standard InChI is InChI=1S/C15H15NO3/c1-10(17)13-8-14(15(18)19-11(13)2)16-9-12-6-4-3-5-7-12/h3-8,16H,9H2,1-2H3. The van der Waals surface area contributed by atoms with E-state index in [1.54, 1.807) is 13.0 Å². The van der Waals surface area contributed by atoms with Crippen molar-refractivity contribution < 1.29 is 9.21 Å². The lowest BCUT2D eigenvalue weighted by molar-refractivity contribution is 0.101. The van der Waals surface area contributed by atoms with E-state index >= 15 is 0 Å². The Morgan fingerprint density at radius 1 is 1.26 bits per heavy atom. The summed E-state index contributed by atoms with van der Waals surface area (Å²) < 4.78 is 5.05. The zero-order valence-corrected chi connectivity index (χ0v) is 10.9. The van der Waals surface area contributed by atoms with E-state index in [-0.39, 0.29) is 5.78 Å². The van der Waals surface area contributed by atoms with Crippen LogP contribution in [0.3, 0.4) is 0 Å². The van der Waals surface area contributed by atoms with Crippen molar-refractivity contribution >= 4 is 11.5 Å². The molecule has 1 N–H and O–H groups in total. The number of aryl methyl sites for hydroxylation is 1. The van der Waals surface area contributed by atoms with Gasteiger partial charge in [0.05, 0.1) is 5.56 Å². The fourth-order valence-electron chi connectivity index (χ4n) is 1.82. The molecule has 98 valence electrons. The minimum atomic E-state index is -0.460. The van der Waals surface area contributed by atoms with Gasteiger partial charge < -0.3 is 9.73 Å². The third-order valence-corrected chi connectivity index (χ3v) is 2.84. The number of hydrogen-bond donors (Lipinski definition) is 1. The second-order valence-electron chi connectivity index (χ2n) is 4.31. The topological polar surface area (TPSA) is 59.3 Å². The van der Waals surface area contributed by atoms with E-state index in [4.69, 9.17) is 4.42 Å². The van der Waals surface area contributed by atoms with Crippen LogP contribution in [0.15, 0.2) is 45.6 Å². The van der Waals surface area contributed by atoms with E-state index in [2.05, 4.69) is 5.32 Å². The van der Waals surface area contributed by atoms with Crippen LogP contribution in [0.1, 0.15) is 28.6 Å². The zero-order valence-electron chi connectivity index (χ0n) is 10.9. The van der Waals surface area contributed by atoms with Gasteiger partial charge in [-0.25, -0.2) is 4.79 Å². The second-order valence-corrected chi connectivity index (χ2v) is 4.31. The normalized spacial score (nSPS) is 10.2. The maximum Gasteiger partial charge on any atom is 0.359 e. The Bertz CT molecular complexity index is 644. The fraction of sp³-hybridized carbons (Fsp3) is 0.200. The molecular formula is C15H15NO3. The molecule has 0 saturated heterocycles. The van der Waals surface area contributed by atoms with Gasteiger partial charge in [-0.15, -0.1) is 0 Å². The fourth-order valence-corrected chi connectivity index (χ4v) is 1.82. The Hall–Kier alpha value is -2.36. The predicted octanol–water partition coefficient (Wildman–Crippen LogP) is 2.76. The van der Waals surface area contributed by atoms with Gasteiger partial charge in [-0.05, 0) is 25.5 Å². The van der Waals surface area contributed by atoms with Crippen LogP contribution in [-0.2, 0) is 6.54 Å². The molecule has 0 fully saturated rings. The third kappa shape index (κ3) is 3.10. The van der Waals surface area contributed by atoms with Crippen LogP contribution in [0.25, 0.3) is 0 Å². The minimum Gasteiger partial charge on any atom is -0.426 e. The third-order valence-electron chi connectivity index (χ3n) is 2.84. The van der Waals surface area contributed by atoms with Crippen molar-refractivity contribution in [2.75, 3.05) is 5.32 Å².